The minimum absolute atomic E-state index is 0.162. The lowest BCUT2D eigenvalue weighted by atomic mass is 9.52. The molecule has 2 aromatic carbocycles. The van der Waals surface area contributed by atoms with Gasteiger partial charge in [-0.2, -0.15) is 0 Å². The van der Waals surface area contributed by atoms with Crippen LogP contribution in [-0.4, -0.2) is 30.5 Å². The highest BCUT2D eigenvalue weighted by atomic mass is 16.5. The molecule has 2 aromatic rings. The first-order valence-electron chi connectivity index (χ1n) is 10.9. The number of hydrogen-bond acceptors (Lipinski definition) is 2. The SMILES string of the molecule is COc1ccc2c(c1)[C@]13CCCC[C@H]1[C@H](C2)N(C(=O)/C=C/c1ccccc1)CC3. The molecule has 3 heteroatoms. The van der Waals surface area contributed by atoms with Crippen molar-refractivity contribution in [3.8, 4) is 5.75 Å². The second-order valence-electron chi connectivity index (χ2n) is 8.83. The Kier molecular flexibility index (Phi) is 4.69. The number of methoxy groups -OCH3 is 1. The third kappa shape index (κ3) is 3.08. The Bertz CT molecular complexity index is 935. The van der Waals surface area contributed by atoms with Gasteiger partial charge >= 0.3 is 0 Å². The number of hydrogen-bond donors (Lipinski definition) is 0. The van der Waals surface area contributed by atoms with Gasteiger partial charge in [0.2, 0.25) is 5.91 Å². The van der Waals surface area contributed by atoms with E-state index in [1.165, 1.54) is 36.8 Å². The predicted octanol–water partition coefficient (Wildman–Crippen LogP) is 4.99. The molecule has 3 nitrogen and oxygen atoms in total. The fraction of sp³-hybridized carbons (Fsp3) is 0.423. The normalized spacial score (nSPS) is 28.0. The average Bonchev–Trinajstić information content (AvgIpc) is 2.78. The molecule has 1 aliphatic heterocycles. The summed E-state index contributed by atoms with van der Waals surface area (Å²) >= 11 is 0. The summed E-state index contributed by atoms with van der Waals surface area (Å²) in [6.07, 6.45) is 10.8. The van der Waals surface area contributed by atoms with E-state index in [1.54, 1.807) is 13.2 Å². The zero-order chi connectivity index (χ0) is 19.8. The smallest absolute Gasteiger partial charge is 0.246 e. The third-order valence-corrected chi connectivity index (χ3v) is 7.54. The molecule has 150 valence electrons. The predicted molar refractivity (Wildman–Crippen MR) is 116 cm³/mol. The molecule has 0 unspecified atom stereocenters. The van der Waals surface area contributed by atoms with Gasteiger partial charge in [-0.05, 0) is 66.5 Å². The maximum Gasteiger partial charge on any atom is 0.246 e. The largest absolute Gasteiger partial charge is 0.497 e. The van der Waals surface area contributed by atoms with E-state index in [1.807, 2.05) is 36.4 Å². The fourth-order valence-electron chi connectivity index (χ4n) is 6.21. The lowest BCUT2D eigenvalue weighted by Crippen LogP contribution is -2.61. The molecule has 0 radical (unpaired) electrons. The standard InChI is InChI=1S/C26H29NO2/c1-29-21-12-11-20-17-24-22-9-5-6-14-26(22,23(20)18-21)15-16-27(24)25(28)13-10-19-7-3-2-4-8-19/h2-4,7-8,10-13,18,22,24H,5-6,9,14-17H2,1H3/b13-10+/t22-,24-,26-/m0/s1. The van der Waals surface area contributed by atoms with Gasteiger partial charge < -0.3 is 9.64 Å². The van der Waals surface area contributed by atoms with Crippen molar-refractivity contribution in [3.05, 3.63) is 71.3 Å². The summed E-state index contributed by atoms with van der Waals surface area (Å²) in [5.41, 5.74) is 4.22. The van der Waals surface area contributed by atoms with Gasteiger partial charge in [0.15, 0.2) is 0 Å². The Hall–Kier alpha value is -2.55. The summed E-state index contributed by atoms with van der Waals surface area (Å²) in [5.74, 6) is 1.69. The van der Waals surface area contributed by atoms with E-state index in [0.29, 0.717) is 12.0 Å². The summed E-state index contributed by atoms with van der Waals surface area (Å²) in [6, 6.07) is 17.0. The number of fused-ring (bicyclic) bond motifs is 1. The topological polar surface area (TPSA) is 29.5 Å². The zero-order valence-corrected chi connectivity index (χ0v) is 17.1. The second kappa shape index (κ2) is 7.37. The monoisotopic (exact) mass is 387 g/mol. The number of carbonyl (C=O) groups is 1. The van der Waals surface area contributed by atoms with Crippen molar-refractivity contribution in [1.82, 2.24) is 4.90 Å². The van der Waals surface area contributed by atoms with E-state index in [0.717, 1.165) is 30.7 Å². The Labute approximate surface area is 173 Å². The van der Waals surface area contributed by atoms with Gasteiger partial charge in [0.05, 0.1) is 7.11 Å². The van der Waals surface area contributed by atoms with Gasteiger partial charge in [0.1, 0.15) is 5.75 Å². The highest BCUT2D eigenvalue weighted by Gasteiger charge is 2.54. The molecule has 1 amide bonds. The van der Waals surface area contributed by atoms with E-state index in [-0.39, 0.29) is 11.3 Å². The molecular formula is C26H29NO2. The molecule has 3 aliphatic rings. The summed E-state index contributed by atoms with van der Waals surface area (Å²) in [7, 11) is 1.75. The number of amides is 1. The first-order chi connectivity index (χ1) is 14.2. The lowest BCUT2D eigenvalue weighted by molar-refractivity contribution is -0.135. The van der Waals surface area contributed by atoms with Crippen LogP contribution in [0.2, 0.25) is 0 Å². The zero-order valence-electron chi connectivity index (χ0n) is 17.1. The summed E-state index contributed by atoms with van der Waals surface area (Å²) < 4.78 is 5.55. The Morgan fingerprint density at radius 3 is 2.83 bits per heavy atom. The number of likely N-dealkylation sites (tertiary alicyclic amines) is 1. The van der Waals surface area contributed by atoms with Gasteiger partial charge in [-0.1, -0.05) is 49.2 Å². The second-order valence-corrected chi connectivity index (χ2v) is 8.83. The summed E-state index contributed by atoms with van der Waals surface area (Å²) in [6.45, 7) is 0.857. The van der Waals surface area contributed by atoms with Crippen molar-refractivity contribution >= 4 is 12.0 Å². The van der Waals surface area contributed by atoms with Crippen LogP contribution in [-0.2, 0) is 16.6 Å². The molecule has 3 atom stereocenters. The molecule has 1 saturated carbocycles. The highest BCUT2D eigenvalue weighted by Crippen LogP contribution is 2.56. The Morgan fingerprint density at radius 1 is 1.14 bits per heavy atom. The van der Waals surface area contributed by atoms with Crippen molar-refractivity contribution in [3.63, 3.8) is 0 Å². The number of piperidine rings is 1. The first-order valence-corrected chi connectivity index (χ1v) is 10.9. The van der Waals surface area contributed by atoms with Crippen LogP contribution in [0.1, 0.15) is 48.8 Å². The third-order valence-electron chi connectivity index (χ3n) is 7.54. The highest BCUT2D eigenvalue weighted by molar-refractivity contribution is 5.92. The minimum atomic E-state index is 0.162. The van der Waals surface area contributed by atoms with Crippen molar-refractivity contribution in [2.24, 2.45) is 5.92 Å². The van der Waals surface area contributed by atoms with Crippen LogP contribution in [0.3, 0.4) is 0 Å². The minimum Gasteiger partial charge on any atom is -0.497 e. The Balaban J connectivity index is 1.47. The van der Waals surface area contributed by atoms with Gasteiger partial charge in [-0.3, -0.25) is 4.79 Å². The molecule has 0 aromatic heterocycles. The van der Waals surface area contributed by atoms with E-state index in [2.05, 4.69) is 23.1 Å². The van der Waals surface area contributed by atoms with Crippen LogP contribution in [0, 0.1) is 5.92 Å². The summed E-state index contributed by atoms with van der Waals surface area (Å²) in [4.78, 5) is 15.3. The molecule has 0 N–H and O–H groups in total. The van der Waals surface area contributed by atoms with Crippen LogP contribution in [0.4, 0.5) is 0 Å². The lowest BCUT2D eigenvalue weighted by Gasteiger charge is -2.59. The van der Waals surface area contributed by atoms with E-state index >= 15 is 0 Å². The van der Waals surface area contributed by atoms with Crippen LogP contribution >= 0.6 is 0 Å². The van der Waals surface area contributed by atoms with Gasteiger partial charge in [0.25, 0.3) is 0 Å². The van der Waals surface area contributed by atoms with Crippen LogP contribution < -0.4 is 4.74 Å². The number of rotatable bonds is 3. The fourth-order valence-corrected chi connectivity index (χ4v) is 6.21. The van der Waals surface area contributed by atoms with Gasteiger partial charge in [-0.25, -0.2) is 0 Å². The molecule has 1 heterocycles. The van der Waals surface area contributed by atoms with E-state index in [4.69, 9.17) is 4.74 Å². The quantitative estimate of drug-likeness (QED) is 0.694. The number of ether oxygens (including phenoxy) is 1. The average molecular weight is 388 g/mol. The molecule has 2 fully saturated rings. The number of benzene rings is 2. The number of carbonyl (C=O) groups excluding carboxylic acids is 1. The van der Waals surface area contributed by atoms with Crippen LogP contribution in [0.15, 0.2) is 54.6 Å². The van der Waals surface area contributed by atoms with Crippen LogP contribution in [0.25, 0.3) is 6.08 Å². The Morgan fingerprint density at radius 2 is 2.00 bits per heavy atom. The van der Waals surface area contributed by atoms with Crippen molar-refractivity contribution in [2.45, 2.75) is 50.0 Å². The molecule has 2 aliphatic carbocycles. The molecular weight excluding hydrogens is 358 g/mol. The van der Waals surface area contributed by atoms with Crippen LogP contribution in [0.5, 0.6) is 5.75 Å². The molecule has 5 rings (SSSR count). The maximum atomic E-state index is 13.2. The molecule has 2 bridgehead atoms. The first kappa shape index (κ1) is 18.5. The van der Waals surface area contributed by atoms with E-state index < -0.39 is 0 Å². The molecule has 1 saturated heterocycles. The van der Waals surface area contributed by atoms with Gasteiger partial charge in [-0.15, -0.1) is 0 Å². The maximum absolute atomic E-state index is 13.2. The molecule has 0 spiro atoms. The number of nitrogens with zero attached hydrogens (tertiary/aromatic N) is 1. The van der Waals surface area contributed by atoms with Crippen molar-refractivity contribution in [2.75, 3.05) is 13.7 Å². The van der Waals surface area contributed by atoms with Crippen molar-refractivity contribution < 1.29 is 9.53 Å². The molecule has 29 heavy (non-hydrogen) atoms. The summed E-state index contributed by atoms with van der Waals surface area (Å²) in [5, 5.41) is 0. The van der Waals surface area contributed by atoms with Gasteiger partial charge in [0, 0.05) is 24.1 Å². The van der Waals surface area contributed by atoms with E-state index in [9.17, 15) is 4.79 Å². The van der Waals surface area contributed by atoms with Crippen molar-refractivity contribution in [1.29, 1.82) is 0 Å².